The number of carbonyl (C=O) groups excluding carboxylic acids is 1. The van der Waals surface area contributed by atoms with Crippen LogP contribution in [0.1, 0.15) is 32.6 Å². The number of halogens is 3. The fourth-order valence-electron chi connectivity index (χ4n) is 1.99. The second kappa shape index (κ2) is 4.86. The molecule has 1 saturated carbocycles. The van der Waals surface area contributed by atoms with Gasteiger partial charge < -0.3 is 4.90 Å². The fourth-order valence-corrected chi connectivity index (χ4v) is 1.99. The van der Waals surface area contributed by atoms with Crippen molar-refractivity contribution in [1.82, 2.24) is 4.90 Å². The molecule has 0 atom stereocenters. The van der Waals surface area contributed by atoms with Crippen LogP contribution < -0.4 is 0 Å². The molecule has 1 amide bonds. The summed E-state index contributed by atoms with van der Waals surface area (Å²) >= 11 is 0. The van der Waals surface area contributed by atoms with Crippen LogP contribution in [0, 0.1) is 5.92 Å². The number of hydrogen-bond donors (Lipinski definition) is 0. The van der Waals surface area contributed by atoms with Crippen molar-refractivity contribution in [2.45, 2.75) is 38.8 Å². The van der Waals surface area contributed by atoms with Gasteiger partial charge in [0.05, 0.1) is 0 Å². The van der Waals surface area contributed by atoms with Gasteiger partial charge in [0.25, 0.3) is 0 Å². The number of nitrogens with zero attached hydrogens (tertiary/aromatic N) is 1. The van der Waals surface area contributed by atoms with E-state index in [-0.39, 0.29) is 18.4 Å². The van der Waals surface area contributed by atoms with Gasteiger partial charge in [-0.05, 0) is 19.8 Å². The molecule has 1 aliphatic rings. The van der Waals surface area contributed by atoms with Gasteiger partial charge in [0, 0.05) is 12.5 Å². The first-order chi connectivity index (χ1) is 6.94. The Morgan fingerprint density at radius 1 is 1.33 bits per heavy atom. The van der Waals surface area contributed by atoms with Crippen LogP contribution in [-0.4, -0.2) is 30.1 Å². The third-order valence-electron chi connectivity index (χ3n) is 2.77. The lowest BCUT2D eigenvalue weighted by atomic mass is 10.1. The second-order valence-corrected chi connectivity index (χ2v) is 3.95. The summed E-state index contributed by atoms with van der Waals surface area (Å²) in [6.07, 6.45) is -0.884. The van der Waals surface area contributed by atoms with Crippen molar-refractivity contribution < 1.29 is 18.0 Å². The first-order valence-corrected chi connectivity index (χ1v) is 5.29. The lowest BCUT2D eigenvalue weighted by Gasteiger charge is -2.25. The van der Waals surface area contributed by atoms with Gasteiger partial charge in [-0.1, -0.05) is 12.8 Å². The molecule has 0 aromatic carbocycles. The number of hydrogen-bond acceptors (Lipinski definition) is 1. The Bertz CT molecular complexity index is 221. The van der Waals surface area contributed by atoms with Crippen LogP contribution in [0.2, 0.25) is 0 Å². The maximum Gasteiger partial charge on any atom is 0.406 e. The molecule has 0 saturated heterocycles. The number of amides is 1. The predicted molar refractivity (Wildman–Crippen MR) is 50.3 cm³/mol. The van der Waals surface area contributed by atoms with E-state index in [1.54, 1.807) is 6.92 Å². The zero-order valence-corrected chi connectivity index (χ0v) is 8.81. The Labute approximate surface area is 87.4 Å². The molecule has 88 valence electrons. The monoisotopic (exact) mass is 223 g/mol. The minimum Gasteiger partial charge on any atom is -0.334 e. The molecule has 0 spiro atoms. The highest BCUT2D eigenvalue weighted by molar-refractivity contribution is 5.79. The molecule has 0 aromatic heterocycles. The van der Waals surface area contributed by atoms with E-state index in [0.717, 1.165) is 30.6 Å². The van der Waals surface area contributed by atoms with Gasteiger partial charge in [-0.3, -0.25) is 4.79 Å². The number of alkyl halides is 3. The fraction of sp³-hybridized carbons (Fsp3) is 0.900. The van der Waals surface area contributed by atoms with Crippen LogP contribution in [0.5, 0.6) is 0 Å². The minimum atomic E-state index is -4.29. The van der Waals surface area contributed by atoms with Crippen LogP contribution in [0.3, 0.4) is 0 Å². The summed E-state index contributed by atoms with van der Waals surface area (Å²) in [6.45, 7) is 0.603. The van der Waals surface area contributed by atoms with E-state index >= 15 is 0 Å². The van der Waals surface area contributed by atoms with E-state index in [1.165, 1.54) is 0 Å². The van der Waals surface area contributed by atoms with Gasteiger partial charge in [0.15, 0.2) is 0 Å². The van der Waals surface area contributed by atoms with Crippen molar-refractivity contribution in [2.75, 3.05) is 13.1 Å². The third kappa shape index (κ3) is 3.72. The topological polar surface area (TPSA) is 20.3 Å². The molecule has 0 heterocycles. The van der Waals surface area contributed by atoms with E-state index in [1.807, 2.05) is 0 Å². The van der Waals surface area contributed by atoms with Crippen molar-refractivity contribution in [3.05, 3.63) is 0 Å². The molecule has 2 nitrogen and oxygen atoms in total. The van der Waals surface area contributed by atoms with Crippen LogP contribution in [0.4, 0.5) is 13.2 Å². The molecule has 15 heavy (non-hydrogen) atoms. The van der Waals surface area contributed by atoms with Crippen molar-refractivity contribution in [1.29, 1.82) is 0 Å². The van der Waals surface area contributed by atoms with Crippen molar-refractivity contribution >= 4 is 5.91 Å². The van der Waals surface area contributed by atoms with Gasteiger partial charge in [-0.2, -0.15) is 13.2 Å². The largest absolute Gasteiger partial charge is 0.406 e. The summed E-state index contributed by atoms with van der Waals surface area (Å²) in [6, 6.07) is 0. The molecular weight excluding hydrogens is 207 g/mol. The van der Waals surface area contributed by atoms with Crippen LogP contribution in [-0.2, 0) is 4.79 Å². The average molecular weight is 223 g/mol. The van der Waals surface area contributed by atoms with Crippen LogP contribution in [0.15, 0.2) is 0 Å². The molecule has 0 radical (unpaired) electrons. The van der Waals surface area contributed by atoms with Crippen LogP contribution >= 0.6 is 0 Å². The van der Waals surface area contributed by atoms with E-state index in [2.05, 4.69) is 0 Å². The highest BCUT2D eigenvalue weighted by Crippen LogP contribution is 2.27. The summed E-state index contributed by atoms with van der Waals surface area (Å²) in [5.41, 5.74) is 0. The highest BCUT2D eigenvalue weighted by atomic mass is 19.4. The van der Waals surface area contributed by atoms with Crippen molar-refractivity contribution in [3.8, 4) is 0 Å². The highest BCUT2D eigenvalue weighted by Gasteiger charge is 2.35. The predicted octanol–water partition coefficient (Wildman–Crippen LogP) is 2.59. The molecule has 1 rings (SSSR count). The molecule has 0 aliphatic heterocycles. The maximum absolute atomic E-state index is 12.1. The third-order valence-corrected chi connectivity index (χ3v) is 2.77. The van der Waals surface area contributed by atoms with Gasteiger partial charge in [-0.25, -0.2) is 0 Å². The standard InChI is InChI=1S/C10H16F3NO/c1-2-14(7-10(11,12)13)9(15)8-5-3-4-6-8/h8H,2-7H2,1H3. The van der Waals surface area contributed by atoms with Crippen molar-refractivity contribution in [2.24, 2.45) is 5.92 Å². The molecule has 0 aromatic rings. The zero-order valence-electron chi connectivity index (χ0n) is 8.81. The Kier molecular flexibility index (Phi) is 3.99. The summed E-state index contributed by atoms with van der Waals surface area (Å²) in [4.78, 5) is 12.6. The Morgan fingerprint density at radius 2 is 1.87 bits per heavy atom. The molecule has 0 bridgehead atoms. The Morgan fingerprint density at radius 3 is 2.27 bits per heavy atom. The summed E-state index contributed by atoms with van der Waals surface area (Å²) in [5.74, 6) is -0.500. The second-order valence-electron chi connectivity index (χ2n) is 3.95. The maximum atomic E-state index is 12.1. The molecule has 0 unspecified atom stereocenters. The lowest BCUT2D eigenvalue weighted by molar-refractivity contribution is -0.163. The molecule has 1 fully saturated rings. The molecule has 1 aliphatic carbocycles. The summed E-state index contributed by atoms with van der Waals surface area (Å²) in [5, 5.41) is 0. The van der Waals surface area contributed by atoms with Gasteiger partial charge in [-0.15, -0.1) is 0 Å². The molecule has 0 N–H and O–H groups in total. The zero-order chi connectivity index (χ0) is 11.5. The van der Waals surface area contributed by atoms with E-state index in [4.69, 9.17) is 0 Å². The summed E-state index contributed by atoms with van der Waals surface area (Å²) in [7, 11) is 0. The SMILES string of the molecule is CCN(CC(F)(F)F)C(=O)C1CCCC1. The van der Waals surface area contributed by atoms with Gasteiger partial charge >= 0.3 is 6.18 Å². The number of rotatable bonds is 3. The van der Waals surface area contributed by atoms with Crippen LogP contribution in [0.25, 0.3) is 0 Å². The smallest absolute Gasteiger partial charge is 0.334 e. The normalized spacial score (nSPS) is 18.1. The van der Waals surface area contributed by atoms with E-state index in [9.17, 15) is 18.0 Å². The first kappa shape index (κ1) is 12.3. The van der Waals surface area contributed by atoms with Gasteiger partial charge in [0.2, 0.25) is 5.91 Å². The number of carbonyl (C=O) groups is 1. The van der Waals surface area contributed by atoms with Gasteiger partial charge in [0.1, 0.15) is 6.54 Å². The lowest BCUT2D eigenvalue weighted by Crippen LogP contribution is -2.41. The van der Waals surface area contributed by atoms with E-state index in [0.29, 0.717) is 0 Å². The average Bonchev–Trinajstić information content (AvgIpc) is 2.64. The molecular formula is C10H16F3NO. The minimum absolute atomic E-state index is 0.134. The summed E-state index contributed by atoms with van der Waals surface area (Å²) < 4.78 is 36.4. The quantitative estimate of drug-likeness (QED) is 0.720. The van der Waals surface area contributed by atoms with E-state index < -0.39 is 12.7 Å². The molecule has 5 heteroatoms. The Balaban J connectivity index is 2.53. The Hall–Kier alpha value is -0.740. The first-order valence-electron chi connectivity index (χ1n) is 5.29. The van der Waals surface area contributed by atoms with Crippen molar-refractivity contribution in [3.63, 3.8) is 0 Å².